The molecule has 1 aliphatic rings. The minimum absolute atomic E-state index is 0.0110. The van der Waals surface area contributed by atoms with Crippen molar-refractivity contribution in [2.45, 2.75) is 6.54 Å². The van der Waals surface area contributed by atoms with Gasteiger partial charge in [-0.2, -0.15) is 15.5 Å². The smallest absolute Gasteiger partial charge is 0.128 e. The summed E-state index contributed by atoms with van der Waals surface area (Å²) in [7, 11) is -0.473. The number of pyridine rings is 1. The fraction of sp³-hybridized carbons (Fsp3) is 0.318. The summed E-state index contributed by atoms with van der Waals surface area (Å²) >= 11 is 0. The minimum Gasteiger partial charge on any atom is -0.394 e. The zero-order chi connectivity index (χ0) is 23.7. The Balaban J connectivity index is 1.52. The number of fused-ring (bicyclic) bond motifs is 1. The van der Waals surface area contributed by atoms with Gasteiger partial charge in [0.25, 0.3) is 0 Å². The zero-order valence-corrected chi connectivity index (χ0v) is 19.4. The van der Waals surface area contributed by atoms with Gasteiger partial charge in [0.15, 0.2) is 0 Å². The Morgan fingerprint density at radius 3 is 2.65 bits per heavy atom. The molecular formula is C22H23N9O2S. The van der Waals surface area contributed by atoms with Gasteiger partial charge in [-0.05, 0) is 12.1 Å². The van der Waals surface area contributed by atoms with Crippen LogP contribution in [0.2, 0.25) is 0 Å². The second-order valence-electron chi connectivity index (χ2n) is 7.91. The number of anilines is 1. The van der Waals surface area contributed by atoms with E-state index < -0.39 is 9.73 Å². The lowest BCUT2D eigenvalue weighted by molar-refractivity contribution is 0.269. The van der Waals surface area contributed by atoms with Crippen LogP contribution in [-0.2, 0) is 16.3 Å². The van der Waals surface area contributed by atoms with E-state index in [9.17, 15) is 9.47 Å². The Kier molecular flexibility index (Phi) is 5.72. The molecule has 1 aliphatic heterocycles. The van der Waals surface area contributed by atoms with Crippen molar-refractivity contribution < 1.29 is 9.32 Å². The standard InChI is InChI=1S/C22H23N9O2S/c1-24-34(33)8-5-29(6-9-34)20-3-2-16(11-25-20)21-22-17(10-23)12-27-31(22)15-19(28-21)18-13-26-30(14-18)4-7-32/h2-3,11-15,32H,4-9H2,1H3. The number of hydrogen-bond acceptors (Lipinski definition) is 9. The van der Waals surface area contributed by atoms with Gasteiger partial charge in [-0.15, -0.1) is 0 Å². The largest absolute Gasteiger partial charge is 0.394 e. The molecule has 0 bridgehead atoms. The van der Waals surface area contributed by atoms with E-state index in [0.29, 0.717) is 53.6 Å². The Hall–Kier alpha value is -3.82. The van der Waals surface area contributed by atoms with Crippen LogP contribution in [0.4, 0.5) is 5.82 Å². The molecule has 0 spiro atoms. The van der Waals surface area contributed by atoms with Crippen LogP contribution < -0.4 is 4.90 Å². The first kappa shape index (κ1) is 22.0. The first-order valence-corrected chi connectivity index (χ1v) is 12.6. The van der Waals surface area contributed by atoms with Crippen LogP contribution in [0, 0.1) is 11.3 Å². The molecule has 1 saturated heterocycles. The summed E-state index contributed by atoms with van der Waals surface area (Å²) in [6.07, 6.45) is 8.50. The molecule has 5 heterocycles. The Labute approximate surface area is 196 Å². The molecule has 1 N–H and O–H groups in total. The van der Waals surface area contributed by atoms with Gasteiger partial charge in [-0.1, -0.05) is 0 Å². The van der Waals surface area contributed by atoms with Crippen LogP contribution in [0.3, 0.4) is 0 Å². The second-order valence-corrected chi connectivity index (χ2v) is 10.6. The van der Waals surface area contributed by atoms with Gasteiger partial charge in [0.2, 0.25) is 0 Å². The van der Waals surface area contributed by atoms with Gasteiger partial charge in [0.1, 0.15) is 23.0 Å². The molecule has 0 unspecified atom stereocenters. The highest BCUT2D eigenvalue weighted by atomic mass is 32.2. The molecule has 1 fully saturated rings. The molecule has 34 heavy (non-hydrogen) atoms. The lowest BCUT2D eigenvalue weighted by Crippen LogP contribution is -2.40. The number of nitrogens with zero attached hydrogens (tertiary/aromatic N) is 9. The lowest BCUT2D eigenvalue weighted by Gasteiger charge is -2.29. The summed E-state index contributed by atoms with van der Waals surface area (Å²) < 4.78 is 19.8. The van der Waals surface area contributed by atoms with Crippen molar-refractivity contribution in [3.8, 4) is 28.6 Å². The van der Waals surface area contributed by atoms with E-state index in [1.165, 1.54) is 6.20 Å². The Morgan fingerprint density at radius 2 is 1.97 bits per heavy atom. The van der Waals surface area contributed by atoms with E-state index >= 15 is 0 Å². The average molecular weight is 478 g/mol. The number of aliphatic hydroxyl groups is 1. The molecule has 4 aromatic rings. The maximum absolute atomic E-state index is 12.5. The van der Waals surface area contributed by atoms with Gasteiger partial charge >= 0.3 is 0 Å². The van der Waals surface area contributed by atoms with Crippen LogP contribution in [0.5, 0.6) is 0 Å². The van der Waals surface area contributed by atoms with Crippen LogP contribution in [0.1, 0.15) is 5.56 Å². The highest BCUT2D eigenvalue weighted by Gasteiger charge is 2.21. The van der Waals surface area contributed by atoms with Gasteiger partial charge in [0, 0.05) is 64.9 Å². The summed E-state index contributed by atoms with van der Waals surface area (Å²) in [5.74, 6) is 1.86. The van der Waals surface area contributed by atoms with Crippen molar-refractivity contribution in [1.29, 1.82) is 5.26 Å². The van der Waals surface area contributed by atoms with Gasteiger partial charge < -0.3 is 10.0 Å². The predicted octanol–water partition coefficient (Wildman–Crippen LogP) is 1.44. The SMILES string of the molecule is CN=S1(=O)CCN(c2ccc(-c3nc(-c4cnn(CCO)c4)cn4ncc(C#N)c34)cn2)CC1. The van der Waals surface area contributed by atoms with Crippen LogP contribution in [0.15, 0.2) is 47.5 Å². The van der Waals surface area contributed by atoms with E-state index in [-0.39, 0.29) is 6.61 Å². The number of nitriles is 1. The molecule has 0 aromatic carbocycles. The van der Waals surface area contributed by atoms with Crippen LogP contribution in [0.25, 0.3) is 28.0 Å². The number of rotatable bonds is 5. The van der Waals surface area contributed by atoms with Crippen LogP contribution in [-0.4, -0.2) is 76.9 Å². The zero-order valence-electron chi connectivity index (χ0n) is 18.6. The van der Waals surface area contributed by atoms with Gasteiger partial charge in [-0.3, -0.25) is 4.68 Å². The molecule has 174 valence electrons. The number of hydrogen-bond donors (Lipinski definition) is 1. The van der Waals surface area contributed by atoms with Crippen molar-refractivity contribution in [2.75, 3.05) is 43.1 Å². The van der Waals surface area contributed by atoms with Crippen molar-refractivity contribution in [3.63, 3.8) is 0 Å². The first-order valence-electron chi connectivity index (χ1n) is 10.8. The molecule has 11 nitrogen and oxygen atoms in total. The maximum Gasteiger partial charge on any atom is 0.128 e. The minimum atomic E-state index is -2.09. The normalized spacial score (nSPS) is 15.4. The highest BCUT2D eigenvalue weighted by Crippen LogP contribution is 2.29. The first-order chi connectivity index (χ1) is 16.5. The fourth-order valence-corrected chi connectivity index (χ4v) is 5.58. The van der Waals surface area contributed by atoms with Crippen molar-refractivity contribution >= 4 is 21.1 Å². The quantitative estimate of drug-likeness (QED) is 0.456. The second kappa shape index (κ2) is 8.85. The van der Waals surface area contributed by atoms with Gasteiger partial charge in [-0.25, -0.2) is 23.1 Å². The van der Waals surface area contributed by atoms with E-state index in [1.54, 1.807) is 41.0 Å². The Bertz CT molecular complexity index is 1490. The van der Waals surface area contributed by atoms with E-state index in [4.69, 9.17) is 10.1 Å². The maximum atomic E-state index is 12.5. The molecule has 0 aliphatic carbocycles. The van der Waals surface area contributed by atoms with E-state index in [1.807, 2.05) is 12.1 Å². The van der Waals surface area contributed by atoms with Crippen LogP contribution >= 0.6 is 0 Å². The predicted molar refractivity (Wildman–Crippen MR) is 128 cm³/mol. The van der Waals surface area contributed by atoms with E-state index in [0.717, 1.165) is 16.9 Å². The van der Waals surface area contributed by atoms with Gasteiger partial charge in [0.05, 0.1) is 43.1 Å². The van der Waals surface area contributed by atoms with Crippen molar-refractivity contribution in [2.24, 2.45) is 4.36 Å². The third-order valence-corrected chi connectivity index (χ3v) is 8.22. The molecule has 4 aromatic heterocycles. The monoisotopic (exact) mass is 477 g/mol. The third-order valence-electron chi connectivity index (χ3n) is 5.91. The Morgan fingerprint density at radius 1 is 1.15 bits per heavy atom. The summed E-state index contributed by atoms with van der Waals surface area (Å²) in [4.78, 5) is 11.6. The molecule has 0 saturated carbocycles. The molecule has 0 atom stereocenters. The molecule has 0 radical (unpaired) electrons. The number of aliphatic hydroxyl groups excluding tert-OH is 1. The van der Waals surface area contributed by atoms with E-state index in [2.05, 4.69) is 30.5 Å². The number of aromatic nitrogens is 6. The molecule has 5 rings (SSSR count). The molecular weight excluding hydrogens is 454 g/mol. The van der Waals surface area contributed by atoms with Crippen molar-refractivity contribution in [3.05, 3.63) is 48.7 Å². The summed E-state index contributed by atoms with van der Waals surface area (Å²) in [6, 6.07) is 6.02. The fourth-order valence-electron chi connectivity index (χ4n) is 4.00. The molecule has 12 heteroatoms. The average Bonchev–Trinajstić information content (AvgIpc) is 3.51. The highest BCUT2D eigenvalue weighted by molar-refractivity contribution is 7.93. The summed E-state index contributed by atoms with van der Waals surface area (Å²) in [6.45, 7) is 1.65. The molecule has 0 amide bonds. The topological polar surface area (TPSA) is 138 Å². The summed E-state index contributed by atoms with van der Waals surface area (Å²) in [5, 5.41) is 27.4. The summed E-state index contributed by atoms with van der Waals surface area (Å²) in [5.41, 5.74) is 3.77. The lowest BCUT2D eigenvalue weighted by atomic mass is 10.1. The van der Waals surface area contributed by atoms with Crippen molar-refractivity contribution in [1.82, 2.24) is 29.4 Å². The third kappa shape index (κ3) is 4.00.